The van der Waals surface area contributed by atoms with Gasteiger partial charge in [0.2, 0.25) is 0 Å². The standard InChI is InChI=1S/C12H15BrN2O/c1-15-10-5-3-2-4-8(10)11(13)12(15)9(14)6-7-16/h2-5,9,16H,6-7,14H2,1H3. The van der Waals surface area contributed by atoms with Crippen LogP contribution in [0.15, 0.2) is 28.7 Å². The van der Waals surface area contributed by atoms with Crippen LogP contribution in [0.5, 0.6) is 0 Å². The summed E-state index contributed by atoms with van der Waals surface area (Å²) in [6.07, 6.45) is 0.572. The Bertz CT molecular complexity index is 468. The lowest BCUT2D eigenvalue weighted by molar-refractivity contribution is 0.275. The second kappa shape index (κ2) is 4.57. The molecule has 0 bridgehead atoms. The quantitative estimate of drug-likeness (QED) is 0.908. The average molecular weight is 283 g/mol. The van der Waals surface area contributed by atoms with E-state index in [2.05, 4.69) is 32.6 Å². The molecule has 2 aromatic rings. The van der Waals surface area contributed by atoms with Crippen molar-refractivity contribution in [2.75, 3.05) is 6.61 Å². The Kier molecular flexibility index (Phi) is 3.33. The van der Waals surface area contributed by atoms with Crippen molar-refractivity contribution >= 4 is 26.8 Å². The van der Waals surface area contributed by atoms with Crippen LogP contribution in [0.1, 0.15) is 18.2 Å². The van der Waals surface area contributed by atoms with Crippen LogP contribution in [-0.4, -0.2) is 16.3 Å². The largest absolute Gasteiger partial charge is 0.396 e. The number of hydrogen-bond acceptors (Lipinski definition) is 2. The maximum absolute atomic E-state index is 8.95. The fraction of sp³-hybridized carbons (Fsp3) is 0.333. The fourth-order valence-corrected chi connectivity index (χ4v) is 2.95. The van der Waals surface area contributed by atoms with Crippen LogP contribution in [0, 0.1) is 0 Å². The lowest BCUT2D eigenvalue weighted by atomic mass is 10.1. The van der Waals surface area contributed by atoms with Crippen molar-refractivity contribution in [1.82, 2.24) is 4.57 Å². The number of benzene rings is 1. The molecule has 1 unspecified atom stereocenters. The number of nitrogens with two attached hydrogens (primary N) is 1. The van der Waals surface area contributed by atoms with Gasteiger partial charge in [-0.2, -0.15) is 0 Å². The summed E-state index contributed by atoms with van der Waals surface area (Å²) in [6.45, 7) is 0.106. The van der Waals surface area contributed by atoms with Gasteiger partial charge < -0.3 is 15.4 Å². The first-order chi connectivity index (χ1) is 7.66. The summed E-state index contributed by atoms with van der Waals surface area (Å²) >= 11 is 3.59. The van der Waals surface area contributed by atoms with Crippen LogP contribution in [0.4, 0.5) is 0 Å². The van der Waals surface area contributed by atoms with Gasteiger partial charge in [0.15, 0.2) is 0 Å². The average Bonchev–Trinajstić information content (AvgIpc) is 2.53. The van der Waals surface area contributed by atoms with Gasteiger partial charge in [-0.3, -0.25) is 0 Å². The predicted molar refractivity (Wildman–Crippen MR) is 69.3 cm³/mol. The Labute approximate surface area is 103 Å². The summed E-state index contributed by atoms with van der Waals surface area (Å²) in [5, 5.41) is 10.1. The van der Waals surface area contributed by atoms with Gasteiger partial charge in [0.1, 0.15) is 0 Å². The molecule has 3 nitrogen and oxygen atoms in total. The maximum atomic E-state index is 8.95. The van der Waals surface area contributed by atoms with Crippen molar-refractivity contribution < 1.29 is 5.11 Å². The van der Waals surface area contributed by atoms with E-state index in [1.165, 1.54) is 0 Å². The molecular formula is C12H15BrN2O. The molecule has 0 aliphatic carbocycles. The number of aliphatic hydroxyl groups is 1. The smallest absolute Gasteiger partial charge is 0.0497 e. The molecule has 16 heavy (non-hydrogen) atoms. The van der Waals surface area contributed by atoms with Gasteiger partial charge in [0.25, 0.3) is 0 Å². The predicted octanol–water partition coefficient (Wildman–Crippen LogP) is 2.32. The summed E-state index contributed by atoms with van der Waals surface area (Å²) in [4.78, 5) is 0. The monoisotopic (exact) mass is 282 g/mol. The van der Waals surface area contributed by atoms with Crippen molar-refractivity contribution in [3.05, 3.63) is 34.4 Å². The Morgan fingerprint density at radius 3 is 2.75 bits per heavy atom. The molecule has 0 saturated heterocycles. The normalized spacial score (nSPS) is 13.2. The molecule has 3 N–H and O–H groups in total. The van der Waals surface area contributed by atoms with Crippen LogP contribution in [-0.2, 0) is 7.05 Å². The number of aromatic nitrogens is 1. The maximum Gasteiger partial charge on any atom is 0.0497 e. The van der Waals surface area contributed by atoms with Crippen molar-refractivity contribution in [3.63, 3.8) is 0 Å². The Morgan fingerprint density at radius 1 is 1.44 bits per heavy atom. The molecule has 2 rings (SSSR count). The van der Waals surface area contributed by atoms with Crippen molar-refractivity contribution in [2.45, 2.75) is 12.5 Å². The van der Waals surface area contributed by atoms with Gasteiger partial charge >= 0.3 is 0 Å². The molecule has 0 amide bonds. The number of nitrogens with zero attached hydrogens (tertiary/aromatic N) is 1. The van der Waals surface area contributed by atoms with Gasteiger partial charge in [-0.25, -0.2) is 0 Å². The molecule has 0 fully saturated rings. The van der Waals surface area contributed by atoms with Crippen molar-refractivity contribution in [3.8, 4) is 0 Å². The minimum absolute atomic E-state index is 0.106. The second-order valence-electron chi connectivity index (χ2n) is 3.89. The highest BCUT2D eigenvalue weighted by molar-refractivity contribution is 9.10. The minimum atomic E-state index is -0.142. The van der Waals surface area contributed by atoms with E-state index in [1.807, 2.05) is 19.2 Å². The molecule has 1 atom stereocenters. The number of halogens is 1. The number of hydrogen-bond donors (Lipinski definition) is 2. The molecule has 0 spiro atoms. The van der Waals surface area contributed by atoms with E-state index in [-0.39, 0.29) is 12.6 Å². The third-order valence-corrected chi connectivity index (χ3v) is 3.71. The molecule has 4 heteroatoms. The Hall–Kier alpha value is -0.840. The highest BCUT2D eigenvalue weighted by atomic mass is 79.9. The van der Waals surface area contributed by atoms with E-state index in [0.717, 1.165) is 21.1 Å². The zero-order chi connectivity index (χ0) is 11.7. The molecule has 1 heterocycles. The SMILES string of the molecule is Cn1c(C(N)CCO)c(Br)c2ccccc21. The van der Waals surface area contributed by atoms with E-state index in [9.17, 15) is 0 Å². The molecule has 1 aromatic heterocycles. The highest BCUT2D eigenvalue weighted by Crippen LogP contribution is 2.33. The fourth-order valence-electron chi connectivity index (χ4n) is 2.05. The first kappa shape index (κ1) is 11.6. The van der Waals surface area contributed by atoms with Crippen LogP contribution in [0.25, 0.3) is 10.9 Å². The van der Waals surface area contributed by atoms with Crippen molar-refractivity contribution in [2.24, 2.45) is 12.8 Å². The summed E-state index contributed by atoms with van der Waals surface area (Å²) in [5.74, 6) is 0. The van der Waals surface area contributed by atoms with Crippen molar-refractivity contribution in [1.29, 1.82) is 0 Å². The summed E-state index contributed by atoms with van der Waals surface area (Å²) < 4.78 is 3.12. The molecule has 0 aliphatic rings. The van der Waals surface area contributed by atoms with Gasteiger partial charge in [-0.05, 0) is 28.4 Å². The molecular weight excluding hydrogens is 268 g/mol. The Morgan fingerprint density at radius 2 is 2.12 bits per heavy atom. The van der Waals surface area contributed by atoms with Gasteiger partial charge in [-0.1, -0.05) is 18.2 Å². The third-order valence-electron chi connectivity index (χ3n) is 2.88. The van der Waals surface area contributed by atoms with E-state index < -0.39 is 0 Å². The van der Waals surface area contributed by atoms with E-state index in [0.29, 0.717) is 6.42 Å². The van der Waals surface area contributed by atoms with Gasteiger partial charge in [0, 0.05) is 40.8 Å². The van der Waals surface area contributed by atoms with Gasteiger partial charge in [0.05, 0.1) is 0 Å². The number of aliphatic hydroxyl groups excluding tert-OH is 1. The zero-order valence-corrected chi connectivity index (χ0v) is 10.7. The summed E-state index contributed by atoms with van der Waals surface area (Å²) in [5.41, 5.74) is 8.25. The van der Waals surface area contributed by atoms with E-state index in [1.54, 1.807) is 0 Å². The molecule has 0 aliphatic heterocycles. The second-order valence-corrected chi connectivity index (χ2v) is 4.69. The lowest BCUT2D eigenvalue weighted by Crippen LogP contribution is -2.15. The lowest BCUT2D eigenvalue weighted by Gasteiger charge is -2.12. The number of rotatable bonds is 3. The first-order valence-corrected chi connectivity index (χ1v) is 6.05. The van der Waals surface area contributed by atoms with Crippen LogP contribution < -0.4 is 5.73 Å². The summed E-state index contributed by atoms with van der Waals surface area (Å²) in [7, 11) is 2.00. The summed E-state index contributed by atoms with van der Waals surface area (Å²) in [6, 6.07) is 8.01. The van der Waals surface area contributed by atoms with Crippen LogP contribution >= 0.6 is 15.9 Å². The number of fused-ring (bicyclic) bond motifs is 1. The number of para-hydroxylation sites is 1. The highest BCUT2D eigenvalue weighted by Gasteiger charge is 2.17. The molecule has 1 aromatic carbocycles. The van der Waals surface area contributed by atoms with E-state index >= 15 is 0 Å². The zero-order valence-electron chi connectivity index (χ0n) is 9.15. The van der Waals surface area contributed by atoms with Crippen LogP contribution in [0.3, 0.4) is 0 Å². The molecule has 0 saturated carbocycles. The third kappa shape index (κ3) is 1.77. The Balaban J connectivity index is 2.61. The first-order valence-electron chi connectivity index (χ1n) is 5.26. The molecule has 0 radical (unpaired) electrons. The number of aryl methyl sites for hydroxylation is 1. The van der Waals surface area contributed by atoms with Gasteiger partial charge in [-0.15, -0.1) is 0 Å². The minimum Gasteiger partial charge on any atom is -0.396 e. The topological polar surface area (TPSA) is 51.2 Å². The van der Waals surface area contributed by atoms with Crippen LogP contribution in [0.2, 0.25) is 0 Å². The van der Waals surface area contributed by atoms with E-state index in [4.69, 9.17) is 10.8 Å². The molecule has 86 valence electrons.